The van der Waals surface area contributed by atoms with Gasteiger partial charge in [-0.1, -0.05) is 15.9 Å². The van der Waals surface area contributed by atoms with E-state index in [-0.39, 0.29) is 11.0 Å². The van der Waals surface area contributed by atoms with Crippen LogP contribution in [0.15, 0.2) is 34.4 Å². The minimum Gasteiger partial charge on any atom is -0.255 e. The van der Waals surface area contributed by atoms with Gasteiger partial charge in [-0.15, -0.1) is 0 Å². The van der Waals surface area contributed by atoms with Crippen molar-refractivity contribution in [1.29, 1.82) is 0 Å². The summed E-state index contributed by atoms with van der Waals surface area (Å²) in [7, 11) is 0. The lowest BCUT2D eigenvalue weighted by Gasteiger charge is -2.15. The van der Waals surface area contributed by atoms with Crippen LogP contribution in [0.25, 0.3) is 11.1 Å². The van der Waals surface area contributed by atoms with Gasteiger partial charge >= 0.3 is 6.18 Å². The van der Waals surface area contributed by atoms with E-state index in [4.69, 9.17) is 0 Å². The van der Waals surface area contributed by atoms with E-state index >= 15 is 0 Å². The fraction of sp³-hybridized carbons (Fsp3) is 0.143. The molecular formula is C14H8BrF6N3. The molecule has 0 atom stereocenters. The van der Waals surface area contributed by atoms with Gasteiger partial charge in [-0.05, 0) is 24.3 Å². The first-order chi connectivity index (χ1) is 11.2. The van der Waals surface area contributed by atoms with Gasteiger partial charge in [0.2, 0.25) is 0 Å². The summed E-state index contributed by atoms with van der Waals surface area (Å²) in [4.78, 5) is 3.78. The lowest BCUT2D eigenvalue weighted by molar-refractivity contribution is -0.143. The van der Waals surface area contributed by atoms with Crippen molar-refractivity contribution in [2.45, 2.75) is 6.18 Å². The van der Waals surface area contributed by atoms with Gasteiger partial charge in [-0.3, -0.25) is 4.99 Å². The van der Waals surface area contributed by atoms with Gasteiger partial charge in [0.25, 0.3) is 0 Å². The third-order valence-electron chi connectivity index (χ3n) is 3.04. The van der Waals surface area contributed by atoms with Crippen LogP contribution in [0.1, 0.15) is 5.69 Å². The maximum absolute atomic E-state index is 14.0. The van der Waals surface area contributed by atoms with E-state index in [1.54, 1.807) is 0 Å². The molecule has 2 rings (SSSR count). The molecule has 0 spiro atoms. The van der Waals surface area contributed by atoms with E-state index in [1.807, 2.05) is 0 Å². The Morgan fingerprint density at radius 3 is 2.17 bits per heavy atom. The van der Waals surface area contributed by atoms with Crippen molar-refractivity contribution in [3.63, 3.8) is 0 Å². The largest absolute Gasteiger partial charge is 0.433 e. The summed E-state index contributed by atoms with van der Waals surface area (Å²) in [6, 6.07) is 3.09. The van der Waals surface area contributed by atoms with Crippen molar-refractivity contribution < 1.29 is 26.3 Å². The number of aromatic nitrogens is 1. The van der Waals surface area contributed by atoms with Crippen molar-refractivity contribution >= 4 is 22.6 Å². The van der Waals surface area contributed by atoms with E-state index in [2.05, 4.69) is 32.7 Å². The van der Waals surface area contributed by atoms with Gasteiger partial charge in [0.05, 0.1) is 5.45 Å². The summed E-state index contributed by atoms with van der Waals surface area (Å²) in [6.45, 7) is 3.05. The molecule has 2 aromatic rings. The first-order valence-corrected chi connectivity index (χ1v) is 7.35. The number of alkyl halides is 4. The molecule has 10 heteroatoms. The van der Waals surface area contributed by atoms with Crippen LogP contribution in [0.4, 0.5) is 26.3 Å². The Morgan fingerprint density at radius 2 is 1.62 bits per heavy atom. The molecule has 3 nitrogen and oxygen atoms in total. The molecular weight excluding hydrogens is 404 g/mol. The molecule has 0 N–H and O–H groups in total. The molecule has 1 heterocycles. The average molecular weight is 412 g/mol. The van der Waals surface area contributed by atoms with Crippen LogP contribution in [-0.4, -0.2) is 16.8 Å². The topological polar surface area (TPSA) is 29.6 Å². The summed E-state index contributed by atoms with van der Waals surface area (Å²) in [6.07, 6.45) is -4.77. The second-order valence-corrected chi connectivity index (χ2v) is 4.91. The SMILES string of the molecule is C=Nn1c(C(F)(F)F)ccc(-c2ccc(F)c(F)c2F)c1=NCBr. The molecule has 0 aliphatic heterocycles. The van der Waals surface area contributed by atoms with Crippen LogP contribution in [0, 0.1) is 17.5 Å². The van der Waals surface area contributed by atoms with Crippen LogP contribution in [-0.2, 0) is 6.18 Å². The lowest BCUT2D eigenvalue weighted by atomic mass is 10.1. The van der Waals surface area contributed by atoms with Crippen molar-refractivity contribution in [3.8, 4) is 11.1 Å². The van der Waals surface area contributed by atoms with Crippen LogP contribution < -0.4 is 5.49 Å². The zero-order valence-electron chi connectivity index (χ0n) is 11.7. The molecule has 24 heavy (non-hydrogen) atoms. The van der Waals surface area contributed by atoms with Gasteiger partial charge in [-0.2, -0.15) is 18.3 Å². The summed E-state index contributed by atoms with van der Waals surface area (Å²) < 4.78 is 80.0. The van der Waals surface area contributed by atoms with Gasteiger partial charge < -0.3 is 0 Å². The molecule has 0 amide bonds. The minimum absolute atomic E-state index is 0.137. The third-order valence-corrected chi connectivity index (χ3v) is 3.30. The quantitative estimate of drug-likeness (QED) is 0.237. The highest BCUT2D eigenvalue weighted by molar-refractivity contribution is 9.09. The number of hydrogen-bond acceptors (Lipinski definition) is 2. The Hall–Kier alpha value is -2.10. The predicted octanol–water partition coefficient (Wildman–Crippen LogP) is 4.31. The van der Waals surface area contributed by atoms with Crippen molar-refractivity contribution in [2.24, 2.45) is 10.1 Å². The molecule has 1 aromatic carbocycles. The Kier molecular flexibility index (Phi) is 5.16. The maximum atomic E-state index is 14.0. The van der Waals surface area contributed by atoms with Gasteiger partial charge in [0.1, 0.15) is 5.69 Å². The molecule has 0 saturated carbocycles. The van der Waals surface area contributed by atoms with Crippen molar-refractivity contribution in [3.05, 3.63) is 52.9 Å². The van der Waals surface area contributed by atoms with Crippen molar-refractivity contribution in [2.75, 3.05) is 5.45 Å². The molecule has 0 fully saturated rings. The molecule has 128 valence electrons. The maximum Gasteiger partial charge on any atom is 0.433 e. The molecule has 0 saturated heterocycles. The van der Waals surface area contributed by atoms with Crippen LogP contribution in [0.3, 0.4) is 0 Å². The van der Waals surface area contributed by atoms with E-state index < -0.39 is 40.4 Å². The molecule has 0 aliphatic rings. The third kappa shape index (κ3) is 3.23. The summed E-state index contributed by atoms with van der Waals surface area (Å²) in [5.74, 6) is -4.71. The average Bonchev–Trinajstić information content (AvgIpc) is 2.52. The van der Waals surface area contributed by atoms with Crippen molar-refractivity contribution in [1.82, 2.24) is 4.68 Å². The van der Waals surface area contributed by atoms with Gasteiger partial charge in [-0.25, -0.2) is 17.8 Å². The minimum atomic E-state index is -4.77. The number of halogens is 7. The second kappa shape index (κ2) is 6.80. The fourth-order valence-corrected chi connectivity index (χ4v) is 2.28. The normalized spacial score (nSPS) is 12.5. The Morgan fingerprint density at radius 1 is 1.00 bits per heavy atom. The van der Waals surface area contributed by atoms with Crippen LogP contribution in [0.5, 0.6) is 0 Å². The zero-order valence-corrected chi connectivity index (χ0v) is 13.3. The Balaban J connectivity index is 2.90. The highest BCUT2D eigenvalue weighted by Gasteiger charge is 2.35. The Labute approximate surface area is 140 Å². The smallest absolute Gasteiger partial charge is 0.255 e. The molecule has 1 aromatic heterocycles. The molecule has 0 radical (unpaired) electrons. The number of rotatable bonds is 3. The van der Waals surface area contributed by atoms with E-state index in [0.29, 0.717) is 16.8 Å². The van der Waals surface area contributed by atoms with Crippen LogP contribution >= 0.6 is 15.9 Å². The summed E-state index contributed by atoms with van der Waals surface area (Å²) in [5.41, 5.74) is -2.42. The standard InChI is InChI=1S/C14H8BrF6N3/c1-22-24-10(14(19,20)21)5-3-8(13(24)23-6-15)7-2-4-9(16)12(18)11(7)17/h2-5H,1,6H2. The number of nitrogens with zero attached hydrogens (tertiary/aromatic N) is 3. The monoisotopic (exact) mass is 411 g/mol. The second-order valence-electron chi connectivity index (χ2n) is 4.41. The predicted molar refractivity (Wildman–Crippen MR) is 79.0 cm³/mol. The number of pyridine rings is 1. The molecule has 0 unspecified atom stereocenters. The lowest BCUT2D eigenvalue weighted by Crippen LogP contribution is -2.27. The Bertz CT molecular complexity index is 857. The highest BCUT2D eigenvalue weighted by Crippen LogP contribution is 2.30. The van der Waals surface area contributed by atoms with Gasteiger partial charge in [0, 0.05) is 17.8 Å². The van der Waals surface area contributed by atoms with E-state index in [1.165, 1.54) is 0 Å². The summed E-state index contributed by atoms with van der Waals surface area (Å²) >= 11 is 2.92. The first kappa shape index (κ1) is 18.2. The first-order valence-electron chi connectivity index (χ1n) is 6.23. The van der Waals surface area contributed by atoms with Gasteiger partial charge in [0.15, 0.2) is 22.9 Å². The molecule has 0 bridgehead atoms. The van der Waals surface area contributed by atoms with E-state index in [9.17, 15) is 26.3 Å². The number of benzene rings is 1. The van der Waals surface area contributed by atoms with Crippen LogP contribution in [0.2, 0.25) is 0 Å². The number of hydrogen-bond donors (Lipinski definition) is 0. The highest BCUT2D eigenvalue weighted by atomic mass is 79.9. The zero-order chi connectivity index (χ0) is 18.1. The summed E-state index contributed by atoms with van der Waals surface area (Å²) in [5, 5.41) is 3.25. The fourth-order valence-electron chi connectivity index (χ4n) is 2.05. The van der Waals surface area contributed by atoms with E-state index in [0.717, 1.165) is 12.1 Å². The molecule has 0 aliphatic carbocycles.